The molecule has 0 saturated carbocycles. The molecule has 2 aliphatic heterocycles. The Morgan fingerprint density at radius 3 is 2.67 bits per heavy atom. The lowest BCUT2D eigenvalue weighted by Crippen LogP contribution is -2.50. The lowest BCUT2D eigenvalue weighted by molar-refractivity contribution is -0.116. The van der Waals surface area contributed by atoms with Crippen LogP contribution in [0.3, 0.4) is 0 Å². The van der Waals surface area contributed by atoms with Crippen LogP contribution in [0.1, 0.15) is 25.1 Å². The van der Waals surface area contributed by atoms with Gasteiger partial charge in [-0.3, -0.25) is 15.1 Å². The number of nitrogens with one attached hydrogen (secondary N) is 1. The summed E-state index contributed by atoms with van der Waals surface area (Å²) in [6.45, 7) is 2.09. The van der Waals surface area contributed by atoms with Gasteiger partial charge in [0.05, 0.1) is 19.6 Å². The Hall–Kier alpha value is -2.52. The van der Waals surface area contributed by atoms with Gasteiger partial charge in [-0.15, -0.1) is 5.10 Å². The SMILES string of the molecule is CCCSC1=NN2C(=c3ccccc3=N[C@@H]2c2cc(OC)c(OC)cc2Br)C(=O)N1. The van der Waals surface area contributed by atoms with Crippen molar-refractivity contribution in [2.24, 2.45) is 10.1 Å². The topological polar surface area (TPSA) is 75.5 Å². The molecule has 2 heterocycles. The molecule has 7 nitrogen and oxygen atoms in total. The Morgan fingerprint density at radius 2 is 1.93 bits per heavy atom. The number of carbonyl (C=O) groups excluding carboxylic acids is 1. The molecule has 1 N–H and O–H groups in total. The first kappa shape index (κ1) is 20.7. The van der Waals surface area contributed by atoms with Crippen LogP contribution >= 0.6 is 27.7 Å². The zero-order valence-corrected chi connectivity index (χ0v) is 19.2. The van der Waals surface area contributed by atoms with Crippen LogP contribution < -0.4 is 25.4 Å². The number of ether oxygens (including phenoxy) is 2. The van der Waals surface area contributed by atoms with Crippen molar-refractivity contribution in [1.29, 1.82) is 0 Å². The van der Waals surface area contributed by atoms with Gasteiger partial charge in [-0.05, 0) is 24.6 Å². The zero-order chi connectivity index (χ0) is 21.3. The Kier molecular flexibility index (Phi) is 6.01. The molecule has 4 rings (SSSR count). The van der Waals surface area contributed by atoms with Gasteiger partial charge in [0, 0.05) is 21.0 Å². The van der Waals surface area contributed by atoms with Crippen molar-refractivity contribution in [3.63, 3.8) is 0 Å². The number of para-hydroxylation sites is 1. The van der Waals surface area contributed by atoms with E-state index in [4.69, 9.17) is 19.6 Å². The number of fused-ring (bicyclic) bond motifs is 2. The summed E-state index contributed by atoms with van der Waals surface area (Å²) < 4.78 is 11.7. The number of hydrazone groups is 1. The lowest BCUT2D eigenvalue weighted by Gasteiger charge is -2.34. The van der Waals surface area contributed by atoms with Gasteiger partial charge in [0.15, 0.2) is 22.8 Å². The molecule has 2 aromatic carbocycles. The van der Waals surface area contributed by atoms with E-state index >= 15 is 0 Å². The monoisotopic (exact) mass is 488 g/mol. The summed E-state index contributed by atoms with van der Waals surface area (Å²) in [4.78, 5) is 18.0. The molecule has 0 unspecified atom stereocenters. The Balaban J connectivity index is 1.92. The normalized spacial score (nSPS) is 17.4. The van der Waals surface area contributed by atoms with Gasteiger partial charge in [0.2, 0.25) is 0 Å². The van der Waals surface area contributed by atoms with Crippen LogP contribution in [0.4, 0.5) is 0 Å². The maximum Gasteiger partial charge on any atom is 0.276 e. The predicted molar refractivity (Wildman–Crippen MR) is 121 cm³/mol. The first-order valence-electron chi connectivity index (χ1n) is 9.48. The first-order chi connectivity index (χ1) is 14.6. The number of halogens is 1. The van der Waals surface area contributed by atoms with E-state index in [1.54, 1.807) is 19.2 Å². The second kappa shape index (κ2) is 8.69. The van der Waals surface area contributed by atoms with Gasteiger partial charge in [0.1, 0.15) is 5.70 Å². The van der Waals surface area contributed by atoms with E-state index in [0.29, 0.717) is 22.4 Å². The van der Waals surface area contributed by atoms with Gasteiger partial charge in [-0.25, -0.2) is 5.01 Å². The van der Waals surface area contributed by atoms with Crippen LogP contribution in [0.15, 0.2) is 51.0 Å². The van der Waals surface area contributed by atoms with E-state index in [0.717, 1.165) is 32.8 Å². The van der Waals surface area contributed by atoms with Gasteiger partial charge in [-0.2, -0.15) is 0 Å². The fourth-order valence-corrected chi connectivity index (χ4v) is 4.60. The third kappa shape index (κ3) is 3.67. The molecule has 0 fully saturated rings. The highest BCUT2D eigenvalue weighted by Gasteiger charge is 2.35. The zero-order valence-electron chi connectivity index (χ0n) is 16.8. The van der Waals surface area contributed by atoms with Crippen LogP contribution in [-0.4, -0.2) is 36.1 Å². The molecule has 1 amide bonds. The average Bonchev–Trinajstić information content (AvgIpc) is 2.76. The number of carbonyl (C=O) groups is 1. The number of benzene rings is 2. The number of nitrogens with zero attached hydrogens (tertiary/aromatic N) is 3. The molecule has 0 spiro atoms. The highest BCUT2D eigenvalue weighted by Crippen LogP contribution is 2.40. The molecular formula is C21H21BrN4O3S. The quantitative estimate of drug-likeness (QED) is 0.700. The molecule has 0 aromatic heterocycles. The number of amides is 1. The second-order valence-electron chi connectivity index (χ2n) is 6.65. The Morgan fingerprint density at radius 1 is 1.20 bits per heavy atom. The van der Waals surface area contributed by atoms with Crippen molar-refractivity contribution < 1.29 is 14.3 Å². The average molecular weight is 489 g/mol. The third-order valence-electron chi connectivity index (χ3n) is 4.74. The van der Waals surface area contributed by atoms with Crippen molar-refractivity contribution in [1.82, 2.24) is 10.3 Å². The lowest BCUT2D eigenvalue weighted by atomic mass is 10.1. The van der Waals surface area contributed by atoms with Crippen LogP contribution in [0.25, 0.3) is 5.70 Å². The largest absolute Gasteiger partial charge is 0.493 e. The van der Waals surface area contributed by atoms with Crippen molar-refractivity contribution in [2.75, 3.05) is 20.0 Å². The molecule has 30 heavy (non-hydrogen) atoms. The molecule has 0 radical (unpaired) electrons. The molecular weight excluding hydrogens is 468 g/mol. The summed E-state index contributed by atoms with van der Waals surface area (Å²) in [7, 11) is 3.18. The van der Waals surface area contributed by atoms with Crippen LogP contribution in [0.5, 0.6) is 11.5 Å². The summed E-state index contributed by atoms with van der Waals surface area (Å²) in [6, 6.07) is 11.3. The number of methoxy groups -OCH3 is 2. The summed E-state index contributed by atoms with van der Waals surface area (Å²) >= 11 is 5.15. The van der Waals surface area contributed by atoms with Crippen molar-refractivity contribution >= 4 is 44.5 Å². The van der Waals surface area contributed by atoms with Crippen LogP contribution in [-0.2, 0) is 4.79 Å². The second-order valence-corrected chi connectivity index (χ2v) is 8.59. The van der Waals surface area contributed by atoms with Crippen LogP contribution in [0.2, 0.25) is 0 Å². The number of amidine groups is 1. The van der Waals surface area contributed by atoms with Gasteiger partial charge >= 0.3 is 0 Å². The van der Waals surface area contributed by atoms with Crippen molar-refractivity contribution in [3.05, 3.63) is 57.0 Å². The molecule has 156 valence electrons. The maximum absolute atomic E-state index is 13.1. The molecule has 9 heteroatoms. The summed E-state index contributed by atoms with van der Waals surface area (Å²) in [5.41, 5.74) is 1.30. The Labute approximate surface area is 187 Å². The molecule has 2 aromatic rings. The van der Waals surface area contributed by atoms with Crippen molar-refractivity contribution in [3.8, 4) is 11.5 Å². The van der Waals surface area contributed by atoms with Gasteiger partial charge in [-0.1, -0.05) is 52.8 Å². The highest BCUT2D eigenvalue weighted by atomic mass is 79.9. The predicted octanol–water partition coefficient (Wildman–Crippen LogP) is 2.75. The first-order valence-corrected chi connectivity index (χ1v) is 11.3. The minimum absolute atomic E-state index is 0.187. The van der Waals surface area contributed by atoms with E-state index in [1.165, 1.54) is 11.8 Å². The van der Waals surface area contributed by atoms with E-state index < -0.39 is 6.17 Å². The summed E-state index contributed by atoms with van der Waals surface area (Å²) in [5, 5.41) is 11.4. The molecule has 0 aliphatic carbocycles. The van der Waals surface area contributed by atoms with E-state index in [-0.39, 0.29) is 5.91 Å². The molecule has 0 saturated heterocycles. The van der Waals surface area contributed by atoms with Crippen molar-refractivity contribution in [2.45, 2.75) is 19.5 Å². The number of hydrogen-bond donors (Lipinski definition) is 1. The standard InChI is InChI=1S/C21H21BrN4O3S/c1-4-9-30-21-24-20(27)18-12-7-5-6-8-15(12)23-19(26(18)25-21)13-10-16(28-2)17(29-3)11-14(13)22/h5-8,10-11,19H,4,9H2,1-3H3,(H,24,25,27)/t19-/m0/s1. The van der Waals surface area contributed by atoms with E-state index in [2.05, 4.69) is 28.2 Å². The third-order valence-corrected chi connectivity index (χ3v) is 6.50. The fourth-order valence-electron chi connectivity index (χ4n) is 3.36. The van der Waals surface area contributed by atoms with Gasteiger partial charge < -0.3 is 9.47 Å². The minimum Gasteiger partial charge on any atom is -0.493 e. The Bertz CT molecular complexity index is 1150. The highest BCUT2D eigenvalue weighted by molar-refractivity contribution is 9.10. The number of rotatable bonds is 5. The van der Waals surface area contributed by atoms with E-state index in [1.807, 2.05) is 36.4 Å². The summed E-state index contributed by atoms with van der Waals surface area (Å²) in [6.07, 6.45) is 0.445. The fraction of sp³-hybridized carbons (Fsp3) is 0.286. The number of hydrogen-bond acceptors (Lipinski definition) is 7. The minimum atomic E-state index is -0.535. The van der Waals surface area contributed by atoms with Gasteiger partial charge in [0.25, 0.3) is 5.91 Å². The molecule has 1 atom stereocenters. The molecule has 2 aliphatic rings. The van der Waals surface area contributed by atoms with E-state index in [9.17, 15) is 4.79 Å². The number of thioether (sulfide) groups is 1. The molecule has 0 bridgehead atoms. The maximum atomic E-state index is 13.1. The smallest absolute Gasteiger partial charge is 0.276 e. The van der Waals surface area contributed by atoms with Crippen LogP contribution in [0, 0.1) is 0 Å². The summed E-state index contributed by atoms with van der Waals surface area (Å²) in [5.74, 6) is 1.86.